The number of halogens is 2. The van der Waals surface area contributed by atoms with Crippen LogP contribution in [0, 0.1) is 0 Å². The van der Waals surface area contributed by atoms with Crippen molar-refractivity contribution in [3.63, 3.8) is 0 Å². The van der Waals surface area contributed by atoms with Gasteiger partial charge in [0.05, 0.1) is 13.2 Å². The molecule has 1 rings (SSSR count). The SMILES string of the molecule is CCOC(=O)C(C)(NCCOC)c1cc(Cl)ccc1Cl. The summed E-state index contributed by atoms with van der Waals surface area (Å²) in [4.78, 5) is 12.3. The summed E-state index contributed by atoms with van der Waals surface area (Å²) in [5.74, 6) is -0.403. The number of carbonyl (C=O) groups is 1. The first kappa shape index (κ1) is 17.2. The first-order chi connectivity index (χ1) is 9.45. The normalized spacial score (nSPS) is 13.8. The number of esters is 1. The molecule has 1 unspecified atom stereocenters. The molecule has 6 heteroatoms. The van der Waals surface area contributed by atoms with Gasteiger partial charge >= 0.3 is 5.97 Å². The molecule has 0 aromatic heterocycles. The molecule has 0 fully saturated rings. The summed E-state index contributed by atoms with van der Waals surface area (Å²) in [6.45, 7) is 4.71. The molecule has 0 radical (unpaired) electrons. The Labute approximate surface area is 129 Å². The number of hydrogen-bond donors (Lipinski definition) is 1. The summed E-state index contributed by atoms with van der Waals surface area (Å²) in [6, 6.07) is 5.00. The molecular weight excluding hydrogens is 301 g/mol. The van der Waals surface area contributed by atoms with Crippen LogP contribution in [0.1, 0.15) is 19.4 Å². The van der Waals surface area contributed by atoms with Crippen LogP contribution in [0.25, 0.3) is 0 Å². The highest BCUT2D eigenvalue weighted by molar-refractivity contribution is 6.33. The van der Waals surface area contributed by atoms with E-state index in [4.69, 9.17) is 32.7 Å². The van der Waals surface area contributed by atoms with Crippen LogP contribution in [0.5, 0.6) is 0 Å². The number of methoxy groups -OCH3 is 1. The van der Waals surface area contributed by atoms with Gasteiger partial charge in [-0.2, -0.15) is 0 Å². The van der Waals surface area contributed by atoms with E-state index in [2.05, 4.69) is 5.32 Å². The van der Waals surface area contributed by atoms with Crippen LogP contribution in [-0.4, -0.2) is 32.8 Å². The quantitative estimate of drug-likeness (QED) is 0.620. The highest BCUT2D eigenvalue weighted by atomic mass is 35.5. The predicted octanol–water partition coefficient (Wildman–Crippen LogP) is 3.01. The Hall–Kier alpha value is -0.810. The molecule has 0 aliphatic rings. The first-order valence-electron chi connectivity index (χ1n) is 6.32. The van der Waals surface area contributed by atoms with Gasteiger partial charge in [0.1, 0.15) is 5.54 Å². The van der Waals surface area contributed by atoms with Gasteiger partial charge in [-0.25, -0.2) is 4.79 Å². The predicted molar refractivity (Wildman–Crippen MR) is 80.3 cm³/mol. The standard InChI is InChI=1S/C14H19Cl2NO3/c1-4-20-13(18)14(2,17-7-8-19-3)11-9-10(15)5-6-12(11)16/h5-6,9,17H,4,7-8H2,1-3H3. The molecule has 112 valence electrons. The number of rotatable bonds is 7. The van der Waals surface area contributed by atoms with E-state index in [1.165, 1.54) is 0 Å². The molecule has 0 amide bonds. The zero-order valence-electron chi connectivity index (χ0n) is 11.8. The van der Waals surface area contributed by atoms with E-state index < -0.39 is 11.5 Å². The van der Waals surface area contributed by atoms with E-state index in [-0.39, 0.29) is 0 Å². The van der Waals surface area contributed by atoms with E-state index >= 15 is 0 Å². The van der Waals surface area contributed by atoms with Crippen LogP contribution in [0.15, 0.2) is 18.2 Å². The third-order valence-electron chi connectivity index (χ3n) is 2.94. The summed E-state index contributed by atoms with van der Waals surface area (Å²) in [5, 5.41) is 4.08. The molecule has 0 saturated carbocycles. The highest BCUT2D eigenvalue weighted by Crippen LogP contribution is 2.31. The highest BCUT2D eigenvalue weighted by Gasteiger charge is 2.38. The van der Waals surface area contributed by atoms with Gasteiger partial charge in [-0.05, 0) is 32.0 Å². The van der Waals surface area contributed by atoms with Crippen molar-refractivity contribution >= 4 is 29.2 Å². The van der Waals surface area contributed by atoms with E-state index in [9.17, 15) is 4.79 Å². The van der Waals surface area contributed by atoms with E-state index in [0.717, 1.165) is 0 Å². The van der Waals surface area contributed by atoms with Gasteiger partial charge < -0.3 is 9.47 Å². The van der Waals surface area contributed by atoms with Crippen LogP contribution < -0.4 is 5.32 Å². The summed E-state index contributed by atoms with van der Waals surface area (Å²) in [6.07, 6.45) is 0. The van der Waals surface area contributed by atoms with Gasteiger partial charge in [0.25, 0.3) is 0 Å². The number of benzene rings is 1. The van der Waals surface area contributed by atoms with Crippen molar-refractivity contribution in [3.8, 4) is 0 Å². The minimum absolute atomic E-state index is 0.290. The molecule has 1 N–H and O–H groups in total. The molecule has 1 aromatic rings. The average Bonchev–Trinajstić information content (AvgIpc) is 2.41. The Morgan fingerprint density at radius 1 is 1.40 bits per heavy atom. The Morgan fingerprint density at radius 2 is 2.10 bits per heavy atom. The summed E-state index contributed by atoms with van der Waals surface area (Å²) in [7, 11) is 1.59. The number of nitrogens with one attached hydrogen (secondary N) is 1. The lowest BCUT2D eigenvalue weighted by Gasteiger charge is -2.30. The van der Waals surface area contributed by atoms with Gasteiger partial charge in [-0.15, -0.1) is 0 Å². The van der Waals surface area contributed by atoms with Gasteiger partial charge in [0.15, 0.2) is 0 Å². The molecule has 1 aromatic carbocycles. The molecule has 0 aliphatic heterocycles. The lowest BCUT2D eigenvalue weighted by molar-refractivity contribution is -0.151. The molecule has 0 heterocycles. The number of carbonyl (C=O) groups excluding carboxylic acids is 1. The van der Waals surface area contributed by atoms with Gasteiger partial charge in [0.2, 0.25) is 0 Å². The third kappa shape index (κ3) is 4.09. The summed E-state index contributed by atoms with van der Waals surface area (Å²) >= 11 is 12.2. The first-order valence-corrected chi connectivity index (χ1v) is 7.08. The van der Waals surface area contributed by atoms with Crippen molar-refractivity contribution in [2.45, 2.75) is 19.4 Å². The summed E-state index contributed by atoms with van der Waals surface area (Å²) < 4.78 is 10.1. The molecule has 20 heavy (non-hydrogen) atoms. The van der Waals surface area contributed by atoms with E-state index in [1.54, 1.807) is 39.2 Å². The van der Waals surface area contributed by atoms with E-state index in [1.807, 2.05) is 0 Å². The van der Waals surface area contributed by atoms with Crippen molar-refractivity contribution in [3.05, 3.63) is 33.8 Å². The molecule has 0 saturated heterocycles. The minimum Gasteiger partial charge on any atom is -0.464 e. The largest absolute Gasteiger partial charge is 0.464 e. The zero-order valence-corrected chi connectivity index (χ0v) is 13.3. The smallest absolute Gasteiger partial charge is 0.330 e. The Balaban J connectivity index is 3.14. The van der Waals surface area contributed by atoms with Crippen molar-refractivity contribution in [2.24, 2.45) is 0 Å². The second kappa shape index (κ2) is 7.84. The van der Waals surface area contributed by atoms with Crippen LogP contribution in [0.3, 0.4) is 0 Å². The van der Waals surface area contributed by atoms with Gasteiger partial charge in [0, 0.05) is 29.3 Å². The fraction of sp³-hybridized carbons (Fsp3) is 0.500. The molecule has 0 bridgehead atoms. The van der Waals surface area contributed by atoms with Crippen LogP contribution in [0.4, 0.5) is 0 Å². The average molecular weight is 320 g/mol. The van der Waals surface area contributed by atoms with Crippen molar-refractivity contribution < 1.29 is 14.3 Å². The monoisotopic (exact) mass is 319 g/mol. The van der Waals surface area contributed by atoms with E-state index in [0.29, 0.717) is 35.4 Å². The Bertz CT molecular complexity index is 468. The molecule has 4 nitrogen and oxygen atoms in total. The third-order valence-corrected chi connectivity index (χ3v) is 3.50. The van der Waals surface area contributed by atoms with Crippen molar-refractivity contribution in [1.29, 1.82) is 0 Å². The fourth-order valence-electron chi connectivity index (χ4n) is 1.84. The maximum Gasteiger partial charge on any atom is 0.330 e. The second-order valence-corrected chi connectivity index (χ2v) is 5.23. The maximum atomic E-state index is 12.3. The van der Waals surface area contributed by atoms with Gasteiger partial charge in [-0.1, -0.05) is 23.2 Å². The second-order valence-electron chi connectivity index (χ2n) is 4.39. The summed E-state index contributed by atoms with van der Waals surface area (Å²) in [5.41, 5.74) is -0.488. The number of ether oxygens (including phenoxy) is 2. The molecule has 0 spiro atoms. The minimum atomic E-state index is -1.07. The zero-order chi connectivity index (χ0) is 15.2. The van der Waals surface area contributed by atoms with Crippen LogP contribution >= 0.6 is 23.2 Å². The molecule has 0 aliphatic carbocycles. The maximum absolute atomic E-state index is 12.3. The Kier molecular flexibility index (Phi) is 6.76. The van der Waals surface area contributed by atoms with Crippen molar-refractivity contribution in [2.75, 3.05) is 26.9 Å². The van der Waals surface area contributed by atoms with Gasteiger partial charge in [-0.3, -0.25) is 5.32 Å². The lowest BCUT2D eigenvalue weighted by atomic mass is 9.91. The van der Waals surface area contributed by atoms with Crippen LogP contribution in [0.2, 0.25) is 10.0 Å². The number of hydrogen-bond acceptors (Lipinski definition) is 4. The fourth-order valence-corrected chi connectivity index (χ4v) is 2.32. The molecular formula is C14H19Cl2NO3. The topological polar surface area (TPSA) is 47.6 Å². The van der Waals surface area contributed by atoms with Crippen LogP contribution in [-0.2, 0) is 19.8 Å². The Morgan fingerprint density at radius 3 is 2.70 bits per heavy atom. The van der Waals surface area contributed by atoms with Crippen molar-refractivity contribution in [1.82, 2.24) is 5.32 Å². The lowest BCUT2D eigenvalue weighted by Crippen LogP contribution is -2.49. The molecule has 1 atom stereocenters.